The van der Waals surface area contributed by atoms with Crippen LogP contribution in [-0.2, 0) is 0 Å². The Morgan fingerprint density at radius 1 is 1.56 bits per heavy atom. The summed E-state index contributed by atoms with van der Waals surface area (Å²) in [6, 6.07) is 0.508. The lowest BCUT2D eigenvalue weighted by Gasteiger charge is -2.13. The predicted octanol–water partition coefficient (Wildman–Crippen LogP) is 2.19. The third-order valence-electron chi connectivity index (χ3n) is 1.80. The lowest BCUT2D eigenvalue weighted by molar-refractivity contribution is 0.723. The number of hydrogen-bond acceptors (Lipinski definition) is 1. The monoisotopic (exact) mass is 123 g/mol. The maximum Gasteiger partial charge on any atom is 0.0508 e. The molecule has 0 spiro atoms. The summed E-state index contributed by atoms with van der Waals surface area (Å²) in [5.41, 5.74) is 2.82. The molecular weight excluding hydrogens is 110 g/mol. The van der Waals surface area contributed by atoms with Gasteiger partial charge in [0.1, 0.15) is 0 Å². The van der Waals surface area contributed by atoms with Gasteiger partial charge in [-0.15, -0.1) is 0 Å². The van der Waals surface area contributed by atoms with E-state index in [4.69, 9.17) is 0 Å². The maximum atomic E-state index is 4.28. The van der Waals surface area contributed by atoms with Crippen molar-refractivity contribution in [2.75, 3.05) is 0 Å². The second-order valence-corrected chi connectivity index (χ2v) is 2.79. The fraction of sp³-hybridized carbons (Fsp3) is 0.625. The van der Waals surface area contributed by atoms with Gasteiger partial charge in [-0.25, -0.2) is 0 Å². The van der Waals surface area contributed by atoms with Gasteiger partial charge in [0.2, 0.25) is 0 Å². The minimum Gasteiger partial charge on any atom is -0.290 e. The van der Waals surface area contributed by atoms with E-state index in [1.165, 1.54) is 11.1 Å². The highest BCUT2D eigenvalue weighted by atomic mass is 14.8. The van der Waals surface area contributed by atoms with Crippen LogP contribution < -0.4 is 0 Å². The molecule has 0 aromatic heterocycles. The first-order valence-electron chi connectivity index (χ1n) is 3.39. The van der Waals surface area contributed by atoms with Crippen molar-refractivity contribution < 1.29 is 0 Å². The van der Waals surface area contributed by atoms with Crippen molar-refractivity contribution in [2.24, 2.45) is 4.99 Å². The molecular formula is C8H13N. The van der Waals surface area contributed by atoms with Gasteiger partial charge in [-0.2, -0.15) is 0 Å². The molecule has 1 aliphatic heterocycles. The molecule has 0 aromatic rings. The first kappa shape index (κ1) is 6.53. The van der Waals surface area contributed by atoms with E-state index in [2.05, 4.69) is 25.8 Å². The predicted molar refractivity (Wildman–Crippen MR) is 40.9 cm³/mol. The number of nitrogens with zero attached hydrogens (tertiary/aromatic N) is 1. The van der Waals surface area contributed by atoms with Crippen molar-refractivity contribution in [3.8, 4) is 0 Å². The van der Waals surface area contributed by atoms with Gasteiger partial charge in [0.25, 0.3) is 0 Å². The molecule has 0 radical (unpaired) electrons. The number of allylic oxidation sites excluding steroid dienone is 1. The summed E-state index contributed by atoms with van der Waals surface area (Å²) in [6.45, 7) is 6.44. The zero-order chi connectivity index (χ0) is 6.85. The highest BCUT2D eigenvalue weighted by molar-refractivity contribution is 5.79. The van der Waals surface area contributed by atoms with Gasteiger partial charge in [-0.1, -0.05) is 5.57 Å². The Hall–Kier alpha value is -0.590. The van der Waals surface area contributed by atoms with E-state index >= 15 is 0 Å². The Kier molecular flexibility index (Phi) is 1.70. The number of dihydropyridines is 1. The average Bonchev–Trinajstić information content (AvgIpc) is 1.80. The average molecular weight is 123 g/mol. The molecule has 1 heteroatoms. The largest absolute Gasteiger partial charge is 0.290 e. The van der Waals surface area contributed by atoms with Crippen LogP contribution in [0.1, 0.15) is 27.2 Å². The molecule has 1 aliphatic rings. The molecule has 1 unspecified atom stereocenters. The van der Waals surface area contributed by atoms with Gasteiger partial charge in [0.15, 0.2) is 0 Å². The van der Waals surface area contributed by atoms with Crippen molar-refractivity contribution in [1.82, 2.24) is 0 Å². The molecule has 0 aliphatic carbocycles. The minimum atomic E-state index is 0.508. The quantitative estimate of drug-likeness (QED) is 0.468. The number of aliphatic imine (C=N–C) groups is 1. The van der Waals surface area contributed by atoms with Crippen molar-refractivity contribution in [3.05, 3.63) is 11.1 Å². The number of hydrogen-bond donors (Lipinski definition) is 0. The topological polar surface area (TPSA) is 12.4 Å². The van der Waals surface area contributed by atoms with Crippen molar-refractivity contribution >= 4 is 6.21 Å². The van der Waals surface area contributed by atoms with E-state index in [9.17, 15) is 0 Å². The van der Waals surface area contributed by atoms with Crippen LogP contribution in [0.3, 0.4) is 0 Å². The summed E-state index contributed by atoms with van der Waals surface area (Å²) in [5.74, 6) is 0. The van der Waals surface area contributed by atoms with E-state index in [1.807, 2.05) is 6.21 Å². The van der Waals surface area contributed by atoms with E-state index in [1.54, 1.807) is 0 Å². The van der Waals surface area contributed by atoms with E-state index in [0.29, 0.717) is 6.04 Å². The fourth-order valence-corrected chi connectivity index (χ4v) is 1.01. The smallest absolute Gasteiger partial charge is 0.0508 e. The van der Waals surface area contributed by atoms with Crippen LogP contribution in [0.2, 0.25) is 0 Å². The Morgan fingerprint density at radius 3 is 2.67 bits per heavy atom. The van der Waals surface area contributed by atoms with Crippen LogP contribution >= 0.6 is 0 Å². The molecule has 50 valence electrons. The van der Waals surface area contributed by atoms with Crippen LogP contribution in [0, 0.1) is 0 Å². The van der Waals surface area contributed by atoms with Crippen molar-refractivity contribution in [2.45, 2.75) is 33.2 Å². The minimum absolute atomic E-state index is 0.508. The first-order chi connectivity index (χ1) is 4.20. The van der Waals surface area contributed by atoms with Crippen molar-refractivity contribution in [1.29, 1.82) is 0 Å². The molecule has 0 saturated carbocycles. The van der Waals surface area contributed by atoms with E-state index in [-0.39, 0.29) is 0 Å². The third-order valence-corrected chi connectivity index (χ3v) is 1.80. The summed E-state index contributed by atoms with van der Waals surface area (Å²) in [6.07, 6.45) is 3.12. The second kappa shape index (κ2) is 2.34. The summed E-state index contributed by atoms with van der Waals surface area (Å²) in [7, 11) is 0. The summed E-state index contributed by atoms with van der Waals surface area (Å²) >= 11 is 0. The van der Waals surface area contributed by atoms with Crippen molar-refractivity contribution in [3.63, 3.8) is 0 Å². The van der Waals surface area contributed by atoms with Gasteiger partial charge >= 0.3 is 0 Å². The molecule has 0 saturated heterocycles. The van der Waals surface area contributed by atoms with Gasteiger partial charge in [0.05, 0.1) is 6.04 Å². The summed E-state index contributed by atoms with van der Waals surface area (Å²) < 4.78 is 0. The van der Waals surface area contributed by atoms with Crippen LogP contribution in [-0.4, -0.2) is 12.3 Å². The lowest BCUT2D eigenvalue weighted by Crippen LogP contribution is -2.06. The SMILES string of the molecule is CC1=C(C)CC(C)N=C1. The normalized spacial score (nSPS) is 27.2. The van der Waals surface area contributed by atoms with Crippen LogP contribution in [0.15, 0.2) is 16.1 Å². The van der Waals surface area contributed by atoms with Crippen LogP contribution in [0.4, 0.5) is 0 Å². The first-order valence-corrected chi connectivity index (χ1v) is 3.39. The molecule has 1 atom stereocenters. The highest BCUT2D eigenvalue weighted by Gasteiger charge is 2.05. The maximum absolute atomic E-state index is 4.28. The van der Waals surface area contributed by atoms with E-state index in [0.717, 1.165) is 6.42 Å². The lowest BCUT2D eigenvalue weighted by atomic mass is 10.0. The molecule has 0 amide bonds. The molecule has 1 rings (SSSR count). The Bertz CT molecular complexity index is 165. The molecule has 1 heterocycles. The zero-order valence-corrected chi connectivity index (χ0v) is 6.31. The molecule has 0 fully saturated rings. The zero-order valence-electron chi connectivity index (χ0n) is 6.31. The number of rotatable bonds is 0. The third kappa shape index (κ3) is 1.41. The van der Waals surface area contributed by atoms with Crippen LogP contribution in [0.5, 0.6) is 0 Å². The summed E-state index contributed by atoms with van der Waals surface area (Å²) in [5, 5.41) is 0. The molecule has 0 bridgehead atoms. The molecule has 0 aromatic carbocycles. The van der Waals surface area contributed by atoms with Gasteiger partial charge in [-0.3, -0.25) is 4.99 Å². The van der Waals surface area contributed by atoms with Gasteiger partial charge < -0.3 is 0 Å². The van der Waals surface area contributed by atoms with Gasteiger partial charge in [0, 0.05) is 6.21 Å². The van der Waals surface area contributed by atoms with Crippen LogP contribution in [0.25, 0.3) is 0 Å². The molecule has 9 heavy (non-hydrogen) atoms. The Morgan fingerprint density at radius 2 is 2.22 bits per heavy atom. The highest BCUT2D eigenvalue weighted by Crippen LogP contribution is 2.15. The molecule has 0 N–H and O–H groups in total. The van der Waals surface area contributed by atoms with Gasteiger partial charge in [-0.05, 0) is 32.8 Å². The Labute approximate surface area is 56.5 Å². The summed E-state index contributed by atoms with van der Waals surface area (Å²) in [4.78, 5) is 4.28. The second-order valence-electron chi connectivity index (χ2n) is 2.79. The standard InChI is InChI=1S/C8H13N/c1-6-4-8(3)9-5-7(6)2/h5,8H,4H2,1-3H3. The fourth-order valence-electron chi connectivity index (χ4n) is 1.01. The van der Waals surface area contributed by atoms with E-state index < -0.39 is 0 Å². The Balaban J connectivity index is 2.75. The molecule has 1 nitrogen and oxygen atoms in total.